The van der Waals surface area contributed by atoms with Gasteiger partial charge in [0.1, 0.15) is 0 Å². The van der Waals surface area contributed by atoms with E-state index in [1.807, 2.05) is 0 Å². The van der Waals surface area contributed by atoms with E-state index in [4.69, 9.17) is 16.3 Å². The standard InChI is InChI=1S/C18H18ClN3O4S/c1-2-26-16(24)8-13-10-27-18(20-13)21-17(25)11-7-15(23)22(9-11)14-5-3-12(19)4-6-14/h3-6,10-11H,2,7-9H2,1H3,(H,20,21,25). The Morgan fingerprint density at radius 3 is 2.81 bits per heavy atom. The van der Waals surface area contributed by atoms with Crippen LogP contribution in [0.1, 0.15) is 19.0 Å². The molecule has 2 amide bonds. The zero-order valence-electron chi connectivity index (χ0n) is 14.6. The van der Waals surface area contributed by atoms with Crippen molar-refractivity contribution in [2.75, 3.05) is 23.4 Å². The van der Waals surface area contributed by atoms with Crippen LogP contribution >= 0.6 is 22.9 Å². The number of carbonyl (C=O) groups excluding carboxylic acids is 3. The fourth-order valence-electron chi connectivity index (χ4n) is 2.77. The fourth-order valence-corrected chi connectivity index (χ4v) is 3.61. The van der Waals surface area contributed by atoms with Gasteiger partial charge in [0.15, 0.2) is 5.13 Å². The molecule has 1 aromatic carbocycles. The van der Waals surface area contributed by atoms with Gasteiger partial charge in [-0.25, -0.2) is 4.98 Å². The number of benzene rings is 1. The minimum Gasteiger partial charge on any atom is -0.466 e. The monoisotopic (exact) mass is 407 g/mol. The SMILES string of the molecule is CCOC(=O)Cc1csc(NC(=O)C2CC(=O)N(c3ccc(Cl)cc3)C2)n1. The largest absolute Gasteiger partial charge is 0.466 e. The summed E-state index contributed by atoms with van der Waals surface area (Å²) in [6.07, 6.45) is 0.196. The molecule has 1 aromatic heterocycles. The van der Waals surface area contributed by atoms with Crippen LogP contribution < -0.4 is 10.2 Å². The average molecular weight is 408 g/mol. The molecule has 0 radical (unpaired) electrons. The summed E-state index contributed by atoms with van der Waals surface area (Å²) in [4.78, 5) is 42.0. The third-order valence-electron chi connectivity index (χ3n) is 4.05. The van der Waals surface area contributed by atoms with E-state index in [9.17, 15) is 14.4 Å². The van der Waals surface area contributed by atoms with E-state index in [2.05, 4.69) is 10.3 Å². The summed E-state index contributed by atoms with van der Waals surface area (Å²) in [6.45, 7) is 2.35. The summed E-state index contributed by atoms with van der Waals surface area (Å²) >= 11 is 7.11. The van der Waals surface area contributed by atoms with Crippen molar-refractivity contribution in [3.8, 4) is 0 Å². The van der Waals surface area contributed by atoms with E-state index in [1.165, 1.54) is 11.3 Å². The van der Waals surface area contributed by atoms with Crippen LogP contribution in [-0.2, 0) is 25.5 Å². The number of hydrogen-bond donors (Lipinski definition) is 1. The van der Waals surface area contributed by atoms with Gasteiger partial charge in [-0.3, -0.25) is 14.4 Å². The predicted molar refractivity (Wildman–Crippen MR) is 103 cm³/mol. The Morgan fingerprint density at radius 1 is 1.37 bits per heavy atom. The number of rotatable bonds is 6. The van der Waals surface area contributed by atoms with Gasteiger partial charge in [0.2, 0.25) is 11.8 Å². The predicted octanol–water partition coefficient (Wildman–Crippen LogP) is 2.89. The highest BCUT2D eigenvalue weighted by Gasteiger charge is 2.35. The van der Waals surface area contributed by atoms with Gasteiger partial charge >= 0.3 is 5.97 Å². The summed E-state index contributed by atoms with van der Waals surface area (Å²) in [7, 11) is 0. The zero-order chi connectivity index (χ0) is 19.4. The Kier molecular flexibility index (Phi) is 6.08. The minimum atomic E-state index is -0.467. The minimum absolute atomic E-state index is 0.0620. The number of thiazole rings is 1. The van der Waals surface area contributed by atoms with Crippen LogP contribution in [-0.4, -0.2) is 35.9 Å². The third-order valence-corrected chi connectivity index (χ3v) is 5.11. The number of carbonyl (C=O) groups is 3. The first kappa shape index (κ1) is 19.3. The van der Waals surface area contributed by atoms with Gasteiger partial charge < -0.3 is 15.0 Å². The number of amides is 2. The average Bonchev–Trinajstić information content (AvgIpc) is 3.22. The van der Waals surface area contributed by atoms with Crippen molar-refractivity contribution in [3.05, 3.63) is 40.4 Å². The first-order valence-electron chi connectivity index (χ1n) is 8.43. The quantitative estimate of drug-likeness (QED) is 0.744. The van der Waals surface area contributed by atoms with Gasteiger partial charge in [-0.15, -0.1) is 11.3 Å². The van der Waals surface area contributed by atoms with Crippen molar-refractivity contribution in [2.45, 2.75) is 19.8 Å². The lowest BCUT2D eigenvalue weighted by Crippen LogP contribution is -2.28. The smallest absolute Gasteiger partial charge is 0.311 e. The maximum absolute atomic E-state index is 12.5. The van der Waals surface area contributed by atoms with Crippen LogP contribution in [0.4, 0.5) is 10.8 Å². The van der Waals surface area contributed by atoms with Gasteiger partial charge in [-0.1, -0.05) is 11.6 Å². The van der Waals surface area contributed by atoms with Gasteiger partial charge in [0, 0.05) is 29.1 Å². The Morgan fingerprint density at radius 2 is 2.11 bits per heavy atom. The second kappa shape index (κ2) is 8.49. The molecule has 1 atom stereocenters. The van der Waals surface area contributed by atoms with Crippen molar-refractivity contribution >= 4 is 51.5 Å². The summed E-state index contributed by atoms with van der Waals surface area (Å²) in [6, 6.07) is 6.92. The number of ether oxygens (including phenoxy) is 1. The Labute approximate surface area is 165 Å². The number of anilines is 2. The topological polar surface area (TPSA) is 88.6 Å². The van der Waals surface area contributed by atoms with Crippen molar-refractivity contribution in [1.29, 1.82) is 0 Å². The molecule has 1 unspecified atom stereocenters. The van der Waals surface area contributed by atoms with Crippen LogP contribution in [0.15, 0.2) is 29.6 Å². The first-order chi connectivity index (χ1) is 13.0. The molecule has 0 spiro atoms. The molecule has 3 rings (SSSR count). The molecule has 1 aliphatic heterocycles. The number of nitrogens with one attached hydrogen (secondary N) is 1. The highest BCUT2D eigenvalue weighted by molar-refractivity contribution is 7.13. The summed E-state index contributed by atoms with van der Waals surface area (Å²) in [5.74, 6) is -1.21. The van der Waals surface area contributed by atoms with Crippen molar-refractivity contribution in [1.82, 2.24) is 4.98 Å². The van der Waals surface area contributed by atoms with Crippen molar-refractivity contribution in [2.24, 2.45) is 5.92 Å². The molecule has 7 nitrogen and oxygen atoms in total. The molecule has 2 heterocycles. The molecule has 1 saturated heterocycles. The Bertz CT molecular complexity index is 853. The molecular weight excluding hydrogens is 390 g/mol. The second-order valence-corrected chi connectivity index (χ2v) is 7.29. The van der Waals surface area contributed by atoms with Gasteiger partial charge in [-0.2, -0.15) is 0 Å². The molecule has 2 aromatic rings. The van der Waals surface area contributed by atoms with Crippen LogP contribution in [0, 0.1) is 5.92 Å². The Hall–Kier alpha value is -2.45. The van der Waals surface area contributed by atoms with E-state index in [1.54, 1.807) is 41.5 Å². The second-order valence-electron chi connectivity index (χ2n) is 6.00. The lowest BCUT2D eigenvalue weighted by molar-refractivity contribution is -0.142. The highest BCUT2D eigenvalue weighted by Crippen LogP contribution is 2.27. The number of esters is 1. The maximum atomic E-state index is 12.5. The van der Waals surface area contributed by atoms with E-state index in [-0.39, 0.29) is 30.6 Å². The number of hydrogen-bond acceptors (Lipinski definition) is 6. The zero-order valence-corrected chi connectivity index (χ0v) is 16.2. The molecule has 9 heteroatoms. The molecule has 142 valence electrons. The van der Waals surface area contributed by atoms with Gasteiger partial charge in [0.05, 0.1) is 24.6 Å². The fraction of sp³-hybridized carbons (Fsp3) is 0.333. The Balaban J connectivity index is 1.59. The molecule has 1 fully saturated rings. The number of aromatic nitrogens is 1. The molecule has 27 heavy (non-hydrogen) atoms. The maximum Gasteiger partial charge on any atom is 0.311 e. The molecule has 0 aliphatic carbocycles. The van der Waals surface area contributed by atoms with Crippen LogP contribution in [0.2, 0.25) is 5.02 Å². The molecule has 1 aliphatic rings. The number of halogens is 1. The normalized spacial score (nSPS) is 16.4. The van der Waals surface area contributed by atoms with E-state index in [0.717, 1.165) is 0 Å². The third kappa shape index (κ3) is 4.84. The lowest BCUT2D eigenvalue weighted by Gasteiger charge is -2.16. The molecular formula is C18H18ClN3O4S. The van der Waals surface area contributed by atoms with Crippen molar-refractivity contribution in [3.63, 3.8) is 0 Å². The van der Waals surface area contributed by atoms with Gasteiger partial charge in [0.25, 0.3) is 0 Å². The van der Waals surface area contributed by atoms with Crippen LogP contribution in [0.5, 0.6) is 0 Å². The summed E-state index contributed by atoms with van der Waals surface area (Å²) < 4.78 is 4.88. The lowest BCUT2D eigenvalue weighted by atomic mass is 10.1. The van der Waals surface area contributed by atoms with Crippen LogP contribution in [0.3, 0.4) is 0 Å². The molecule has 1 N–H and O–H groups in total. The van der Waals surface area contributed by atoms with Gasteiger partial charge in [-0.05, 0) is 31.2 Å². The van der Waals surface area contributed by atoms with E-state index < -0.39 is 5.92 Å². The van der Waals surface area contributed by atoms with Crippen LogP contribution in [0.25, 0.3) is 0 Å². The van der Waals surface area contributed by atoms with Crippen molar-refractivity contribution < 1.29 is 19.1 Å². The first-order valence-corrected chi connectivity index (χ1v) is 9.69. The highest BCUT2D eigenvalue weighted by atomic mass is 35.5. The van der Waals surface area contributed by atoms with E-state index >= 15 is 0 Å². The van der Waals surface area contributed by atoms with E-state index in [0.29, 0.717) is 34.7 Å². The molecule has 0 saturated carbocycles. The summed E-state index contributed by atoms with van der Waals surface area (Å²) in [5, 5.41) is 5.41. The molecule has 0 bridgehead atoms. The summed E-state index contributed by atoms with van der Waals surface area (Å²) in [5.41, 5.74) is 1.25. The number of nitrogens with zero attached hydrogens (tertiary/aromatic N) is 2.